The van der Waals surface area contributed by atoms with E-state index in [9.17, 15) is 18.8 Å². The smallest absolute Gasteiger partial charge is 0.311 e. The van der Waals surface area contributed by atoms with Crippen LogP contribution in [0.5, 0.6) is 0 Å². The van der Waals surface area contributed by atoms with Crippen LogP contribution in [0.3, 0.4) is 0 Å². The van der Waals surface area contributed by atoms with E-state index in [4.69, 9.17) is 4.74 Å². The number of carbonyl (C=O) groups excluding carboxylic acids is 3. The van der Waals surface area contributed by atoms with Crippen molar-refractivity contribution in [2.75, 3.05) is 23.4 Å². The van der Waals surface area contributed by atoms with Crippen molar-refractivity contribution in [2.24, 2.45) is 5.92 Å². The molecule has 1 heterocycles. The van der Waals surface area contributed by atoms with Gasteiger partial charge in [-0.3, -0.25) is 14.4 Å². The molecule has 7 heteroatoms. The van der Waals surface area contributed by atoms with Crippen molar-refractivity contribution < 1.29 is 23.5 Å². The van der Waals surface area contributed by atoms with Crippen molar-refractivity contribution in [3.8, 4) is 0 Å². The third kappa shape index (κ3) is 4.19. The van der Waals surface area contributed by atoms with Crippen LogP contribution < -0.4 is 10.2 Å². The zero-order valence-electron chi connectivity index (χ0n) is 15.7. The second-order valence-electron chi connectivity index (χ2n) is 6.76. The van der Waals surface area contributed by atoms with Crippen molar-refractivity contribution in [1.82, 2.24) is 0 Å². The molecule has 0 aromatic heterocycles. The number of ether oxygens (including phenoxy) is 1. The minimum absolute atomic E-state index is 0.0250. The van der Waals surface area contributed by atoms with Crippen LogP contribution in [-0.2, 0) is 19.1 Å². The molecule has 0 saturated carbocycles. The Kier molecular flexibility index (Phi) is 5.73. The fourth-order valence-corrected chi connectivity index (χ4v) is 3.10. The normalized spacial score (nSPS) is 16.2. The molecular weight excluding hydrogens is 363 g/mol. The Labute approximate surface area is 162 Å². The fraction of sp³-hybridized carbons (Fsp3) is 0.286. The van der Waals surface area contributed by atoms with Crippen molar-refractivity contribution in [2.45, 2.75) is 20.3 Å². The van der Waals surface area contributed by atoms with Gasteiger partial charge in [-0.15, -0.1) is 0 Å². The number of aryl methyl sites for hydroxylation is 1. The fourth-order valence-electron chi connectivity index (χ4n) is 3.10. The predicted octanol–water partition coefficient (Wildman–Crippen LogP) is 2.98. The SMILES string of the molecule is Cc1cccc(NC(=O)COC(=O)[C@H]2CC(=O)N(c3ccccc3F)C2)c1C. The molecule has 0 radical (unpaired) electrons. The van der Waals surface area contributed by atoms with Crippen LogP contribution >= 0.6 is 0 Å². The maximum Gasteiger partial charge on any atom is 0.311 e. The van der Waals surface area contributed by atoms with Crippen molar-refractivity contribution >= 4 is 29.2 Å². The van der Waals surface area contributed by atoms with Crippen molar-refractivity contribution in [1.29, 1.82) is 0 Å². The molecule has 1 fully saturated rings. The lowest BCUT2D eigenvalue weighted by Gasteiger charge is -2.17. The molecule has 1 N–H and O–H groups in total. The van der Waals surface area contributed by atoms with Gasteiger partial charge in [0.2, 0.25) is 5.91 Å². The average Bonchev–Trinajstić information content (AvgIpc) is 3.05. The monoisotopic (exact) mass is 384 g/mol. The van der Waals surface area contributed by atoms with Gasteiger partial charge < -0.3 is 15.0 Å². The van der Waals surface area contributed by atoms with Gasteiger partial charge in [0.25, 0.3) is 5.91 Å². The van der Waals surface area contributed by atoms with Crippen LogP contribution in [-0.4, -0.2) is 30.9 Å². The topological polar surface area (TPSA) is 75.7 Å². The molecule has 1 atom stereocenters. The minimum Gasteiger partial charge on any atom is -0.455 e. The summed E-state index contributed by atoms with van der Waals surface area (Å²) >= 11 is 0. The molecule has 2 aromatic rings. The van der Waals surface area contributed by atoms with Gasteiger partial charge in [-0.25, -0.2) is 4.39 Å². The number of amides is 2. The van der Waals surface area contributed by atoms with E-state index in [1.165, 1.54) is 23.1 Å². The van der Waals surface area contributed by atoms with Crippen LogP contribution in [0.15, 0.2) is 42.5 Å². The highest BCUT2D eigenvalue weighted by molar-refractivity contribution is 6.00. The highest BCUT2D eigenvalue weighted by Crippen LogP contribution is 2.27. The first-order chi connectivity index (χ1) is 13.4. The Bertz CT molecular complexity index is 928. The van der Waals surface area contributed by atoms with E-state index in [0.29, 0.717) is 5.69 Å². The molecule has 1 saturated heterocycles. The molecule has 2 amide bonds. The zero-order valence-corrected chi connectivity index (χ0v) is 15.7. The number of para-hydroxylation sites is 1. The van der Waals surface area contributed by atoms with Crippen molar-refractivity contribution in [3.63, 3.8) is 0 Å². The molecule has 146 valence electrons. The largest absolute Gasteiger partial charge is 0.455 e. The second-order valence-corrected chi connectivity index (χ2v) is 6.76. The highest BCUT2D eigenvalue weighted by Gasteiger charge is 2.37. The van der Waals surface area contributed by atoms with E-state index in [0.717, 1.165) is 11.1 Å². The highest BCUT2D eigenvalue weighted by atomic mass is 19.1. The average molecular weight is 384 g/mol. The number of rotatable bonds is 5. The van der Waals surface area contributed by atoms with E-state index in [1.54, 1.807) is 12.1 Å². The molecule has 28 heavy (non-hydrogen) atoms. The predicted molar refractivity (Wildman–Crippen MR) is 102 cm³/mol. The lowest BCUT2D eigenvalue weighted by Crippen LogP contribution is -2.28. The van der Waals surface area contributed by atoms with E-state index < -0.39 is 30.2 Å². The summed E-state index contributed by atoms with van der Waals surface area (Å²) in [5.41, 5.74) is 2.76. The molecule has 1 aliphatic heterocycles. The first-order valence-corrected chi connectivity index (χ1v) is 8.94. The van der Waals surface area contributed by atoms with Gasteiger partial charge in [-0.05, 0) is 43.2 Å². The van der Waals surface area contributed by atoms with Gasteiger partial charge in [0.15, 0.2) is 6.61 Å². The van der Waals surface area contributed by atoms with E-state index in [2.05, 4.69) is 5.32 Å². The molecule has 0 aliphatic carbocycles. The van der Waals surface area contributed by atoms with Gasteiger partial charge in [0.05, 0.1) is 11.6 Å². The van der Waals surface area contributed by atoms with E-state index in [-0.39, 0.29) is 24.6 Å². The van der Waals surface area contributed by atoms with Gasteiger partial charge >= 0.3 is 5.97 Å². The molecule has 6 nitrogen and oxygen atoms in total. The van der Waals surface area contributed by atoms with Gasteiger partial charge in [-0.1, -0.05) is 24.3 Å². The standard InChI is InChI=1S/C21H21FN2O4/c1-13-6-5-8-17(14(13)2)23-19(25)12-28-21(27)15-10-20(26)24(11-15)18-9-4-3-7-16(18)22/h3-9,15H,10-12H2,1-2H3,(H,23,25)/t15-/m0/s1. The second kappa shape index (κ2) is 8.21. The Balaban J connectivity index is 1.55. The number of hydrogen-bond donors (Lipinski definition) is 1. The maximum absolute atomic E-state index is 13.9. The molecular formula is C21H21FN2O4. The van der Waals surface area contributed by atoms with Crippen LogP contribution in [0.25, 0.3) is 0 Å². The summed E-state index contributed by atoms with van der Waals surface area (Å²) in [5, 5.41) is 2.70. The number of halogens is 1. The van der Waals surface area contributed by atoms with E-state index >= 15 is 0 Å². The number of nitrogens with one attached hydrogen (secondary N) is 1. The van der Waals surface area contributed by atoms with Crippen molar-refractivity contribution in [3.05, 3.63) is 59.4 Å². The summed E-state index contributed by atoms with van der Waals surface area (Å²) in [5.74, 6) is -2.73. The summed E-state index contributed by atoms with van der Waals surface area (Å²) in [6, 6.07) is 11.4. The van der Waals surface area contributed by atoms with Gasteiger partial charge in [0.1, 0.15) is 5.82 Å². The van der Waals surface area contributed by atoms with E-state index in [1.807, 2.05) is 26.0 Å². The molecule has 0 spiro atoms. The third-order valence-corrected chi connectivity index (χ3v) is 4.83. The summed E-state index contributed by atoms with van der Waals surface area (Å²) in [6.45, 7) is 3.40. The molecule has 0 bridgehead atoms. The van der Waals surface area contributed by atoms with Gasteiger partial charge in [-0.2, -0.15) is 0 Å². The first-order valence-electron chi connectivity index (χ1n) is 8.94. The zero-order chi connectivity index (χ0) is 20.3. The summed E-state index contributed by atoms with van der Waals surface area (Å²) in [6.07, 6.45) is -0.0776. The van der Waals surface area contributed by atoms with Crippen LogP contribution in [0, 0.1) is 25.6 Å². The van der Waals surface area contributed by atoms with Crippen LogP contribution in [0.1, 0.15) is 17.5 Å². The van der Waals surface area contributed by atoms with Gasteiger partial charge in [0, 0.05) is 18.7 Å². The molecule has 2 aromatic carbocycles. The quantitative estimate of drug-likeness (QED) is 0.804. The number of esters is 1. The Hall–Kier alpha value is -3.22. The Morgan fingerprint density at radius 1 is 1.18 bits per heavy atom. The molecule has 1 aliphatic rings. The van der Waals surface area contributed by atoms with Crippen LogP contribution in [0.2, 0.25) is 0 Å². The number of carbonyl (C=O) groups is 3. The minimum atomic E-state index is -0.736. The molecule has 0 unspecified atom stereocenters. The number of anilines is 2. The maximum atomic E-state index is 13.9. The summed E-state index contributed by atoms with van der Waals surface area (Å²) < 4.78 is 19.0. The summed E-state index contributed by atoms with van der Waals surface area (Å²) in [4.78, 5) is 37.7. The third-order valence-electron chi connectivity index (χ3n) is 4.83. The lowest BCUT2D eigenvalue weighted by atomic mass is 10.1. The Morgan fingerprint density at radius 2 is 1.93 bits per heavy atom. The lowest BCUT2D eigenvalue weighted by molar-refractivity contribution is -0.151. The van der Waals surface area contributed by atoms with Crippen LogP contribution in [0.4, 0.5) is 15.8 Å². The number of nitrogens with zero attached hydrogens (tertiary/aromatic N) is 1. The molecule has 3 rings (SSSR count). The first kappa shape index (κ1) is 19.5. The number of hydrogen-bond acceptors (Lipinski definition) is 4. The summed E-state index contributed by atoms with van der Waals surface area (Å²) in [7, 11) is 0. The number of benzene rings is 2. The Morgan fingerprint density at radius 3 is 2.68 bits per heavy atom.